The molecule has 3 aromatic rings. The Hall–Kier alpha value is -2.66. The standard InChI is InChI=1S/C30H23BrCl3F4NO4/c1-29(2,3)43-23(41)12-17-21(36)7-4-13(26(17)37)8-22(40)16-11-15(5-6-20(16)32)39-28(42)25-24(30(25,33)34)18-9-14(35)10-19(31)27(18)38/h4-7,9-11,24-25H,8,12H2,1-3H3,(H,39,42). The molecule has 0 aliphatic heterocycles. The van der Waals surface area contributed by atoms with E-state index in [4.69, 9.17) is 39.5 Å². The highest BCUT2D eigenvalue weighted by Crippen LogP contribution is 2.65. The van der Waals surface area contributed by atoms with Gasteiger partial charge < -0.3 is 10.1 Å². The molecule has 5 nitrogen and oxygen atoms in total. The number of nitrogens with one attached hydrogen (secondary N) is 1. The van der Waals surface area contributed by atoms with Crippen molar-refractivity contribution in [3.05, 3.63) is 97.5 Å². The highest BCUT2D eigenvalue weighted by atomic mass is 79.9. The zero-order valence-electron chi connectivity index (χ0n) is 22.8. The van der Waals surface area contributed by atoms with Crippen molar-refractivity contribution in [3.8, 4) is 0 Å². The Kier molecular flexibility index (Phi) is 9.57. The van der Waals surface area contributed by atoms with Gasteiger partial charge in [0.25, 0.3) is 0 Å². The minimum Gasteiger partial charge on any atom is -0.460 e. The Morgan fingerprint density at radius 1 is 0.977 bits per heavy atom. The summed E-state index contributed by atoms with van der Waals surface area (Å²) in [6.07, 6.45) is -1.23. The lowest BCUT2D eigenvalue weighted by Gasteiger charge is -2.20. The summed E-state index contributed by atoms with van der Waals surface area (Å²) in [5.74, 6) is -8.08. The predicted molar refractivity (Wildman–Crippen MR) is 159 cm³/mol. The first-order valence-corrected chi connectivity index (χ1v) is 14.7. The lowest BCUT2D eigenvalue weighted by molar-refractivity contribution is -0.154. The molecular formula is C30H23BrCl3F4NO4. The molecule has 1 aliphatic rings. The van der Waals surface area contributed by atoms with E-state index in [-0.39, 0.29) is 31.9 Å². The van der Waals surface area contributed by atoms with Gasteiger partial charge in [0.15, 0.2) is 5.78 Å². The molecule has 0 bridgehead atoms. The highest BCUT2D eigenvalue weighted by molar-refractivity contribution is 9.10. The van der Waals surface area contributed by atoms with Gasteiger partial charge in [0, 0.05) is 29.2 Å². The molecule has 0 heterocycles. The number of amides is 1. The topological polar surface area (TPSA) is 72.5 Å². The van der Waals surface area contributed by atoms with Gasteiger partial charge in [-0.15, -0.1) is 23.2 Å². The van der Waals surface area contributed by atoms with Crippen LogP contribution >= 0.6 is 50.7 Å². The Labute approximate surface area is 268 Å². The normalized spacial score (nSPS) is 17.4. The Balaban J connectivity index is 1.52. The van der Waals surface area contributed by atoms with Crippen molar-refractivity contribution in [3.63, 3.8) is 0 Å². The molecule has 0 saturated heterocycles. The van der Waals surface area contributed by atoms with Gasteiger partial charge in [-0.05, 0) is 84.2 Å². The van der Waals surface area contributed by atoms with Crippen LogP contribution in [0.15, 0.2) is 46.9 Å². The van der Waals surface area contributed by atoms with E-state index >= 15 is 4.39 Å². The van der Waals surface area contributed by atoms with Crippen molar-refractivity contribution in [2.24, 2.45) is 5.92 Å². The van der Waals surface area contributed by atoms with Crippen LogP contribution in [0, 0.1) is 29.2 Å². The third kappa shape index (κ3) is 7.36. The molecule has 228 valence electrons. The van der Waals surface area contributed by atoms with Crippen molar-refractivity contribution in [1.29, 1.82) is 0 Å². The van der Waals surface area contributed by atoms with E-state index in [0.717, 1.165) is 24.3 Å². The summed E-state index contributed by atoms with van der Waals surface area (Å²) in [4.78, 5) is 38.4. The van der Waals surface area contributed by atoms with E-state index in [2.05, 4.69) is 21.2 Å². The Morgan fingerprint density at radius 3 is 2.30 bits per heavy atom. The van der Waals surface area contributed by atoms with Gasteiger partial charge >= 0.3 is 5.97 Å². The largest absolute Gasteiger partial charge is 0.460 e. The minimum absolute atomic E-state index is 0.0143. The zero-order chi connectivity index (χ0) is 32.0. The quantitative estimate of drug-likeness (QED) is 0.0833. The lowest BCUT2D eigenvalue weighted by atomic mass is 9.98. The maximum Gasteiger partial charge on any atom is 0.310 e. The maximum absolute atomic E-state index is 15.2. The second-order valence-electron chi connectivity index (χ2n) is 11.0. The summed E-state index contributed by atoms with van der Waals surface area (Å²) in [5.41, 5.74) is -1.77. The van der Waals surface area contributed by atoms with Gasteiger partial charge in [-0.25, -0.2) is 17.6 Å². The molecule has 43 heavy (non-hydrogen) atoms. The number of benzene rings is 3. The van der Waals surface area contributed by atoms with Crippen LogP contribution in [0.4, 0.5) is 23.2 Å². The number of anilines is 1. The molecule has 3 aromatic carbocycles. The van der Waals surface area contributed by atoms with Gasteiger partial charge in [0.2, 0.25) is 5.91 Å². The van der Waals surface area contributed by atoms with Gasteiger partial charge in [0.1, 0.15) is 33.2 Å². The molecule has 13 heteroatoms. The summed E-state index contributed by atoms with van der Waals surface area (Å²) < 4.78 is 61.4. The molecule has 1 amide bonds. The molecule has 0 aromatic heterocycles. The number of ether oxygens (including phenoxy) is 1. The molecule has 1 N–H and O–H groups in total. The molecular weight excluding hydrogens is 701 g/mol. The van der Waals surface area contributed by atoms with E-state index in [1.807, 2.05) is 0 Å². The number of carbonyl (C=O) groups excluding carboxylic acids is 3. The van der Waals surface area contributed by atoms with Crippen LogP contribution in [0.5, 0.6) is 0 Å². The number of alkyl halides is 2. The number of esters is 1. The first-order valence-electron chi connectivity index (χ1n) is 12.7. The summed E-state index contributed by atoms with van der Waals surface area (Å²) in [5, 5.41) is 2.53. The van der Waals surface area contributed by atoms with Crippen LogP contribution in [0.2, 0.25) is 5.02 Å². The second kappa shape index (κ2) is 12.4. The summed E-state index contributed by atoms with van der Waals surface area (Å²) in [7, 11) is 0. The SMILES string of the molecule is CC(C)(C)OC(=O)Cc1c(F)ccc(CC(=O)c2cc(NC(=O)C3C(c4cc(F)cc(Br)c4F)C3(Cl)Cl)ccc2Cl)c1F. The average molecular weight is 724 g/mol. The smallest absolute Gasteiger partial charge is 0.310 e. The monoisotopic (exact) mass is 721 g/mol. The van der Waals surface area contributed by atoms with Gasteiger partial charge in [-0.2, -0.15) is 0 Å². The minimum atomic E-state index is -1.74. The second-order valence-corrected chi connectivity index (χ2v) is 13.7. The molecule has 0 spiro atoms. The first kappa shape index (κ1) is 33.2. The third-order valence-electron chi connectivity index (χ3n) is 6.58. The van der Waals surface area contributed by atoms with E-state index in [1.165, 1.54) is 18.2 Å². The molecule has 4 rings (SSSR count). The summed E-state index contributed by atoms with van der Waals surface area (Å²) >= 11 is 21.7. The predicted octanol–water partition coefficient (Wildman–Crippen LogP) is 8.49. The maximum atomic E-state index is 15.2. The van der Waals surface area contributed by atoms with Crippen LogP contribution < -0.4 is 5.32 Å². The highest BCUT2D eigenvalue weighted by Gasteiger charge is 2.68. The van der Waals surface area contributed by atoms with Crippen LogP contribution in [0.3, 0.4) is 0 Å². The fourth-order valence-electron chi connectivity index (χ4n) is 4.61. The number of halogens is 8. The molecule has 2 atom stereocenters. The number of carbonyl (C=O) groups is 3. The van der Waals surface area contributed by atoms with E-state index < -0.39 is 81.1 Å². The van der Waals surface area contributed by atoms with Crippen LogP contribution in [0.25, 0.3) is 0 Å². The number of hydrogen-bond donors (Lipinski definition) is 1. The Morgan fingerprint density at radius 2 is 1.65 bits per heavy atom. The first-order chi connectivity index (χ1) is 19.9. The average Bonchev–Trinajstić information content (AvgIpc) is 3.47. The lowest BCUT2D eigenvalue weighted by Crippen LogP contribution is -2.25. The van der Waals surface area contributed by atoms with Gasteiger partial charge in [-0.3, -0.25) is 14.4 Å². The van der Waals surface area contributed by atoms with Crippen molar-refractivity contribution < 1.29 is 36.7 Å². The van der Waals surface area contributed by atoms with Crippen LogP contribution in [-0.2, 0) is 27.2 Å². The number of hydrogen-bond acceptors (Lipinski definition) is 4. The van der Waals surface area contributed by atoms with Crippen LogP contribution in [-0.4, -0.2) is 27.6 Å². The molecule has 1 saturated carbocycles. The van der Waals surface area contributed by atoms with Crippen molar-refractivity contribution >= 4 is 74.1 Å². The van der Waals surface area contributed by atoms with E-state index in [0.29, 0.717) is 0 Å². The molecule has 1 aliphatic carbocycles. The molecule has 0 radical (unpaired) electrons. The number of rotatable bonds is 8. The molecule has 2 unspecified atom stereocenters. The van der Waals surface area contributed by atoms with Crippen molar-refractivity contribution in [1.82, 2.24) is 0 Å². The van der Waals surface area contributed by atoms with Crippen LogP contribution in [0.1, 0.15) is 53.7 Å². The van der Waals surface area contributed by atoms with Gasteiger partial charge in [-0.1, -0.05) is 17.7 Å². The summed E-state index contributed by atoms with van der Waals surface area (Å²) in [6.45, 7) is 4.84. The third-order valence-corrected chi connectivity index (χ3v) is 8.43. The Bertz CT molecular complexity index is 1640. The number of Topliss-reactive ketones (excluding diaryl/α,β-unsaturated/α-hetero) is 1. The molecule has 1 fully saturated rings. The van der Waals surface area contributed by atoms with E-state index in [1.54, 1.807) is 20.8 Å². The van der Waals surface area contributed by atoms with Gasteiger partial charge in [0.05, 0.1) is 21.8 Å². The fraction of sp³-hybridized carbons (Fsp3) is 0.300. The fourth-order valence-corrected chi connectivity index (χ4v) is 6.10. The number of ketones is 1. The zero-order valence-corrected chi connectivity index (χ0v) is 26.6. The van der Waals surface area contributed by atoms with Crippen molar-refractivity contribution in [2.45, 2.75) is 49.5 Å². The van der Waals surface area contributed by atoms with E-state index in [9.17, 15) is 27.6 Å². The van der Waals surface area contributed by atoms with Crippen molar-refractivity contribution in [2.75, 3.05) is 5.32 Å². The summed E-state index contributed by atoms with van der Waals surface area (Å²) in [6, 6.07) is 7.80.